The van der Waals surface area contributed by atoms with Gasteiger partial charge in [0, 0.05) is 11.6 Å². The summed E-state index contributed by atoms with van der Waals surface area (Å²) in [6.07, 6.45) is 15.6. The molecule has 0 aliphatic heterocycles. The fourth-order valence-corrected chi connectivity index (χ4v) is 4.76. The predicted molar refractivity (Wildman–Crippen MR) is 88.2 cm³/mol. The van der Waals surface area contributed by atoms with E-state index in [9.17, 15) is 0 Å². The Hall–Kier alpha value is -0.0800. The molecule has 0 aromatic rings. The second kappa shape index (κ2) is 7.79. The highest BCUT2D eigenvalue weighted by Gasteiger charge is 2.44. The third kappa shape index (κ3) is 3.57. The molecule has 0 heterocycles. The number of hydrogen-bond donors (Lipinski definition) is 1. The van der Waals surface area contributed by atoms with E-state index in [2.05, 4.69) is 31.2 Å². The SMILES string of the molecule is CCCNC(C1CCCC1)C1(N(C)C)CCCCCC1. The summed E-state index contributed by atoms with van der Waals surface area (Å²) in [7, 11) is 4.67. The van der Waals surface area contributed by atoms with Crippen LogP contribution >= 0.6 is 0 Å². The highest BCUT2D eigenvalue weighted by Crippen LogP contribution is 2.41. The van der Waals surface area contributed by atoms with E-state index in [4.69, 9.17) is 0 Å². The molecule has 0 saturated heterocycles. The molecule has 0 aromatic heterocycles. The van der Waals surface area contributed by atoms with Crippen LogP contribution in [0.2, 0.25) is 0 Å². The van der Waals surface area contributed by atoms with E-state index in [0.29, 0.717) is 5.54 Å². The number of hydrogen-bond acceptors (Lipinski definition) is 2. The van der Waals surface area contributed by atoms with Crippen LogP contribution in [0.5, 0.6) is 0 Å². The van der Waals surface area contributed by atoms with Gasteiger partial charge in [0.1, 0.15) is 0 Å². The monoisotopic (exact) mass is 280 g/mol. The summed E-state index contributed by atoms with van der Waals surface area (Å²) < 4.78 is 0. The fraction of sp³-hybridized carbons (Fsp3) is 1.00. The molecule has 0 spiro atoms. The van der Waals surface area contributed by atoms with Crippen LogP contribution in [-0.4, -0.2) is 37.1 Å². The third-order valence-corrected chi connectivity index (χ3v) is 5.92. The van der Waals surface area contributed by atoms with Crippen LogP contribution < -0.4 is 5.32 Å². The lowest BCUT2D eigenvalue weighted by Gasteiger charge is -2.49. The van der Waals surface area contributed by atoms with Gasteiger partial charge in [0.05, 0.1) is 0 Å². The fourth-order valence-electron chi connectivity index (χ4n) is 4.76. The van der Waals surface area contributed by atoms with Gasteiger partial charge in [-0.05, 0) is 58.7 Å². The molecular weight excluding hydrogens is 244 g/mol. The minimum atomic E-state index is 0.417. The van der Waals surface area contributed by atoms with Gasteiger partial charge in [0.15, 0.2) is 0 Å². The van der Waals surface area contributed by atoms with Crippen LogP contribution in [0.1, 0.15) is 77.6 Å². The van der Waals surface area contributed by atoms with E-state index >= 15 is 0 Å². The quantitative estimate of drug-likeness (QED) is 0.734. The first-order valence-corrected chi connectivity index (χ1v) is 9.11. The van der Waals surface area contributed by atoms with Crippen molar-refractivity contribution in [1.82, 2.24) is 10.2 Å². The second-order valence-electron chi connectivity index (χ2n) is 7.39. The van der Waals surface area contributed by atoms with Crippen LogP contribution in [0.25, 0.3) is 0 Å². The molecule has 0 aromatic carbocycles. The Morgan fingerprint density at radius 2 is 1.60 bits per heavy atom. The van der Waals surface area contributed by atoms with Crippen molar-refractivity contribution in [3.8, 4) is 0 Å². The van der Waals surface area contributed by atoms with Crippen LogP contribution in [0.4, 0.5) is 0 Å². The zero-order valence-corrected chi connectivity index (χ0v) is 14.1. The largest absolute Gasteiger partial charge is 0.312 e. The van der Waals surface area contributed by atoms with Gasteiger partial charge in [-0.1, -0.05) is 45.4 Å². The van der Waals surface area contributed by atoms with Crippen molar-refractivity contribution in [3.05, 3.63) is 0 Å². The second-order valence-corrected chi connectivity index (χ2v) is 7.39. The maximum atomic E-state index is 3.99. The Bertz CT molecular complexity index is 261. The number of nitrogens with one attached hydrogen (secondary N) is 1. The van der Waals surface area contributed by atoms with Crippen molar-refractivity contribution in [2.75, 3.05) is 20.6 Å². The van der Waals surface area contributed by atoms with Gasteiger partial charge in [-0.25, -0.2) is 0 Å². The smallest absolute Gasteiger partial charge is 0.0359 e. The van der Waals surface area contributed by atoms with Gasteiger partial charge in [-0.15, -0.1) is 0 Å². The summed E-state index contributed by atoms with van der Waals surface area (Å²) >= 11 is 0. The summed E-state index contributed by atoms with van der Waals surface area (Å²) in [6, 6.07) is 0.720. The molecule has 1 unspecified atom stereocenters. The lowest BCUT2D eigenvalue weighted by molar-refractivity contribution is 0.0533. The zero-order chi connectivity index (χ0) is 14.4. The molecule has 2 aliphatic carbocycles. The van der Waals surface area contributed by atoms with Gasteiger partial charge < -0.3 is 10.2 Å². The van der Waals surface area contributed by atoms with Crippen molar-refractivity contribution >= 4 is 0 Å². The van der Waals surface area contributed by atoms with Crippen LogP contribution in [0.3, 0.4) is 0 Å². The van der Waals surface area contributed by atoms with E-state index in [1.807, 2.05) is 0 Å². The molecule has 0 bridgehead atoms. The number of rotatable bonds is 6. The average Bonchev–Trinajstić information content (AvgIpc) is 2.84. The van der Waals surface area contributed by atoms with Gasteiger partial charge in [0.2, 0.25) is 0 Å². The molecule has 2 rings (SSSR count). The Kier molecular flexibility index (Phi) is 6.35. The van der Waals surface area contributed by atoms with E-state index in [1.165, 1.54) is 77.2 Å². The molecule has 0 radical (unpaired) electrons. The Morgan fingerprint density at radius 3 is 2.10 bits per heavy atom. The molecule has 2 aliphatic rings. The molecule has 0 amide bonds. The van der Waals surface area contributed by atoms with Crippen molar-refractivity contribution in [2.45, 2.75) is 89.1 Å². The lowest BCUT2D eigenvalue weighted by atomic mass is 9.74. The molecule has 20 heavy (non-hydrogen) atoms. The molecular formula is C18H36N2. The van der Waals surface area contributed by atoms with Gasteiger partial charge >= 0.3 is 0 Å². The van der Waals surface area contributed by atoms with Crippen molar-refractivity contribution in [3.63, 3.8) is 0 Å². The minimum absolute atomic E-state index is 0.417. The summed E-state index contributed by atoms with van der Waals surface area (Å²) in [5.74, 6) is 0.919. The Labute approximate surface area is 126 Å². The van der Waals surface area contributed by atoms with Gasteiger partial charge in [-0.3, -0.25) is 0 Å². The topological polar surface area (TPSA) is 15.3 Å². The molecule has 2 fully saturated rings. The average molecular weight is 280 g/mol. The van der Waals surface area contributed by atoms with E-state index in [0.717, 1.165) is 12.0 Å². The maximum Gasteiger partial charge on any atom is 0.0359 e. The first-order chi connectivity index (χ1) is 9.70. The number of nitrogens with zero attached hydrogens (tertiary/aromatic N) is 1. The third-order valence-electron chi connectivity index (χ3n) is 5.92. The van der Waals surface area contributed by atoms with Gasteiger partial charge in [0.25, 0.3) is 0 Å². The van der Waals surface area contributed by atoms with Gasteiger partial charge in [-0.2, -0.15) is 0 Å². The van der Waals surface area contributed by atoms with E-state index in [1.54, 1.807) is 0 Å². The lowest BCUT2D eigenvalue weighted by Crippen LogP contribution is -2.61. The normalized spacial score (nSPS) is 25.8. The van der Waals surface area contributed by atoms with Crippen molar-refractivity contribution < 1.29 is 0 Å². The first-order valence-electron chi connectivity index (χ1n) is 9.11. The highest BCUT2D eigenvalue weighted by molar-refractivity contribution is 5.03. The molecule has 2 heteroatoms. The molecule has 2 nitrogen and oxygen atoms in total. The van der Waals surface area contributed by atoms with Crippen molar-refractivity contribution in [1.29, 1.82) is 0 Å². The minimum Gasteiger partial charge on any atom is -0.312 e. The van der Waals surface area contributed by atoms with E-state index < -0.39 is 0 Å². The number of likely N-dealkylation sites (N-methyl/N-ethyl adjacent to an activating group) is 1. The summed E-state index contributed by atoms with van der Waals surface area (Å²) in [6.45, 7) is 3.49. The highest BCUT2D eigenvalue weighted by atomic mass is 15.2. The Morgan fingerprint density at radius 1 is 1.00 bits per heavy atom. The van der Waals surface area contributed by atoms with Crippen LogP contribution in [-0.2, 0) is 0 Å². The standard InChI is InChI=1S/C18H36N2/c1-4-15-19-17(16-11-7-8-12-16)18(20(2)3)13-9-5-6-10-14-18/h16-17,19H,4-15H2,1-3H3. The molecule has 1 atom stereocenters. The van der Waals surface area contributed by atoms with Crippen molar-refractivity contribution in [2.24, 2.45) is 5.92 Å². The van der Waals surface area contributed by atoms with E-state index in [-0.39, 0.29) is 0 Å². The molecule has 1 N–H and O–H groups in total. The summed E-state index contributed by atoms with van der Waals surface area (Å²) in [5.41, 5.74) is 0.417. The summed E-state index contributed by atoms with van der Waals surface area (Å²) in [5, 5.41) is 3.99. The molecule has 2 saturated carbocycles. The first kappa shape index (κ1) is 16.3. The maximum absolute atomic E-state index is 3.99. The molecule has 118 valence electrons. The van der Waals surface area contributed by atoms with Crippen LogP contribution in [0, 0.1) is 5.92 Å². The predicted octanol–water partition coefficient (Wildman–Crippen LogP) is 4.20. The summed E-state index contributed by atoms with van der Waals surface area (Å²) in [4.78, 5) is 2.59. The zero-order valence-electron chi connectivity index (χ0n) is 14.1. The Balaban J connectivity index is 2.19. The van der Waals surface area contributed by atoms with Crippen LogP contribution in [0.15, 0.2) is 0 Å².